The zero-order chi connectivity index (χ0) is 15.8. The van der Waals surface area contributed by atoms with E-state index in [0.717, 1.165) is 25.7 Å². The number of nitrogens with zero attached hydrogens (tertiary/aromatic N) is 1. The number of unbranched alkanes of at least 4 members (excludes halogenated alkanes) is 3. The van der Waals surface area contributed by atoms with Crippen LogP contribution in [0.1, 0.15) is 56.3 Å². The van der Waals surface area contributed by atoms with Gasteiger partial charge in [0.1, 0.15) is 0 Å². The minimum atomic E-state index is -1.03. The monoisotopic (exact) mass is 292 g/mol. The summed E-state index contributed by atoms with van der Waals surface area (Å²) in [7, 11) is 0. The van der Waals surface area contributed by atoms with Gasteiger partial charge in [0, 0.05) is 13.0 Å². The first-order chi connectivity index (χ1) is 10.0. The highest BCUT2D eigenvalue weighted by molar-refractivity contribution is 5.98. The van der Waals surface area contributed by atoms with E-state index in [2.05, 4.69) is 6.92 Å². The Kier molecular flexibility index (Phi) is 6.72. The normalized spacial score (nSPS) is 10.4. The maximum atomic E-state index is 12.3. The zero-order valence-corrected chi connectivity index (χ0v) is 12.8. The summed E-state index contributed by atoms with van der Waals surface area (Å²) in [6.07, 6.45) is 4.68. The molecular weight excluding hydrogens is 268 g/mol. The summed E-state index contributed by atoms with van der Waals surface area (Å²) in [5, 5.41) is 8.94. The maximum absolute atomic E-state index is 12.3. The summed E-state index contributed by atoms with van der Waals surface area (Å²) in [6, 6.07) is 4.47. The van der Waals surface area contributed by atoms with Crippen molar-refractivity contribution in [1.29, 1.82) is 0 Å². The topological polar surface area (TPSA) is 83.6 Å². The van der Waals surface area contributed by atoms with Gasteiger partial charge in [-0.05, 0) is 31.5 Å². The van der Waals surface area contributed by atoms with Crippen LogP contribution in [-0.4, -0.2) is 23.5 Å². The van der Waals surface area contributed by atoms with Crippen molar-refractivity contribution in [2.24, 2.45) is 0 Å². The van der Waals surface area contributed by atoms with Gasteiger partial charge in [0.25, 0.3) is 0 Å². The third kappa shape index (κ3) is 4.77. The van der Waals surface area contributed by atoms with Crippen LogP contribution in [0.15, 0.2) is 18.2 Å². The van der Waals surface area contributed by atoms with E-state index in [1.165, 1.54) is 12.1 Å². The molecule has 0 saturated carbocycles. The number of hydrogen-bond donors (Lipinski definition) is 2. The quantitative estimate of drug-likeness (QED) is 0.569. The van der Waals surface area contributed by atoms with Crippen LogP contribution in [0.4, 0.5) is 11.4 Å². The van der Waals surface area contributed by atoms with E-state index >= 15 is 0 Å². The molecule has 21 heavy (non-hydrogen) atoms. The van der Waals surface area contributed by atoms with Gasteiger partial charge in [0.15, 0.2) is 0 Å². The van der Waals surface area contributed by atoms with Crippen molar-refractivity contribution in [3.8, 4) is 0 Å². The van der Waals surface area contributed by atoms with Crippen LogP contribution >= 0.6 is 0 Å². The summed E-state index contributed by atoms with van der Waals surface area (Å²) in [6.45, 7) is 4.53. The number of nitrogen functional groups attached to an aromatic ring is 1. The summed E-state index contributed by atoms with van der Waals surface area (Å²) >= 11 is 0. The fraction of sp³-hybridized carbons (Fsp3) is 0.500. The molecule has 1 aromatic rings. The van der Waals surface area contributed by atoms with Gasteiger partial charge >= 0.3 is 5.97 Å². The van der Waals surface area contributed by atoms with Gasteiger partial charge in [-0.15, -0.1) is 0 Å². The Labute approximate surface area is 125 Å². The molecule has 0 bridgehead atoms. The smallest absolute Gasteiger partial charge is 0.335 e. The second-order valence-corrected chi connectivity index (χ2v) is 5.03. The molecule has 1 aromatic carbocycles. The van der Waals surface area contributed by atoms with Crippen LogP contribution in [0.2, 0.25) is 0 Å². The largest absolute Gasteiger partial charge is 0.478 e. The Balaban J connectivity index is 2.79. The third-order valence-corrected chi connectivity index (χ3v) is 3.43. The molecule has 5 nitrogen and oxygen atoms in total. The molecule has 0 aliphatic carbocycles. The molecule has 0 aliphatic rings. The average Bonchev–Trinajstić information content (AvgIpc) is 2.45. The molecule has 0 saturated heterocycles. The summed E-state index contributed by atoms with van der Waals surface area (Å²) < 4.78 is 0. The van der Waals surface area contributed by atoms with Crippen LogP contribution in [0.3, 0.4) is 0 Å². The molecule has 0 fully saturated rings. The summed E-state index contributed by atoms with van der Waals surface area (Å²) in [4.78, 5) is 24.8. The number of carboxylic acids is 1. The highest BCUT2D eigenvalue weighted by Crippen LogP contribution is 2.25. The van der Waals surface area contributed by atoms with E-state index in [9.17, 15) is 9.59 Å². The number of carbonyl (C=O) groups excluding carboxylic acids is 1. The highest BCUT2D eigenvalue weighted by Gasteiger charge is 2.17. The Bertz CT molecular complexity index is 500. The van der Waals surface area contributed by atoms with Crippen LogP contribution in [0.5, 0.6) is 0 Å². The predicted molar refractivity (Wildman–Crippen MR) is 84.6 cm³/mol. The molecule has 0 radical (unpaired) electrons. The third-order valence-electron chi connectivity index (χ3n) is 3.43. The predicted octanol–water partition coefficient (Wildman–Crippen LogP) is 3.29. The van der Waals surface area contributed by atoms with Crippen molar-refractivity contribution in [3.63, 3.8) is 0 Å². The molecule has 116 valence electrons. The Morgan fingerprint density at radius 2 is 1.90 bits per heavy atom. The van der Waals surface area contributed by atoms with E-state index in [1.54, 1.807) is 11.0 Å². The van der Waals surface area contributed by atoms with E-state index in [-0.39, 0.29) is 11.5 Å². The zero-order valence-electron chi connectivity index (χ0n) is 12.8. The lowest BCUT2D eigenvalue weighted by Crippen LogP contribution is -2.31. The van der Waals surface area contributed by atoms with E-state index in [0.29, 0.717) is 24.3 Å². The molecule has 0 aliphatic heterocycles. The van der Waals surface area contributed by atoms with Crippen molar-refractivity contribution in [1.82, 2.24) is 0 Å². The molecule has 0 aromatic heterocycles. The second-order valence-electron chi connectivity index (χ2n) is 5.03. The second kappa shape index (κ2) is 8.29. The van der Waals surface area contributed by atoms with Crippen LogP contribution in [0.25, 0.3) is 0 Å². The summed E-state index contributed by atoms with van der Waals surface area (Å²) in [5.74, 6) is -0.995. The van der Waals surface area contributed by atoms with Gasteiger partial charge in [-0.2, -0.15) is 0 Å². The lowest BCUT2D eigenvalue weighted by Gasteiger charge is -2.23. The van der Waals surface area contributed by atoms with Crippen LogP contribution < -0.4 is 10.6 Å². The Morgan fingerprint density at radius 3 is 2.43 bits per heavy atom. The first-order valence-corrected chi connectivity index (χ1v) is 7.44. The highest BCUT2D eigenvalue weighted by atomic mass is 16.4. The van der Waals surface area contributed by atoms with Gasteiger partial charge < -0.3 is 15.7 Å². The van der Waals surface area contributed by atoms with Crippen molar-refractivity contribution in [2.75, 3.05) is 17.2 Å². The first-order valence-electron chi connectivity index (χ1n) is 7.44. The molecule has 0 unspecified atom stereocenters. The Morgan fingerprint density at radius 1 is 1.19 bits per heavy atom. The number of aromatic carboxylic acids is 1. The minimum absolute atomic E-state index is 0.0309. The van der Waals surface area contributed by atoms with E-state index in [4.69, 9.17) is 10.8 Å². The molecule has 1 amide bonds. The standard InChI is InChI=1S/C16H24N2O3/c1-3-5-6-7-8-15(19)18(4-2)14-10-9-12(16(20)21)11-13(14)17/h9-11H,3-8,17H2,1-2H3,(H,20,21). The fourth-order valence-electron chi connectivity index (χ4n) is 2.25. The van der Waals surface area contributed by atoms with Gasteiger partial charge in [-0.1, -0.05) is 26.2 Å². The first kappa shape index (κ1) is 17.0. The van der Waals surface area contributed by atoms with Crippen molar-refractivity contribution in [2.45, 2.75) is 46.0 Å². The van der Waals surface area contributed by atoms with E-state index in [1.807, 2.05) is 6.92 Å². The van der Waals surface area contributed by atoms with Crippen molar-refractivity contribution in [3.05, 3.63) is 23.8 Å². The van der Waals surface area contributed by atoms with Gasteiger partial charge in [0.05, 0.1) is 16.9 Å². The lowest BCUT2D eigenvalue weighted by molar-refractivity contribution is -0.118. The van der Waals surface area contributed by atoms with Crippen LogP contribution in [-0.2, 0) is 4.79 Å². The average molecular weight is 292 g/mol. The maximum Gasteiger partial charge on any atom is 0.335 e. The van der Waals surface area contributed by atoms with Gasteiger partial charge in [-0.3, -0.25) is 4.79 Å². The number of nitrogens with two attached hydrogens (primary N) is 1. The molecule has 0 spiro atoms. The molecule has 0 heterocycles. The van der Waals surface area contributed by atoms with Crippen LogP contribution in [0, 0.1) is 0 Å². The number of amides is 1. The molecule has 1 rings (SSSR count). The number of anilines is 2. The molecule has 0 atom stereocenters. The SMILES string of the molecule is CCCCCCC(=O)N(CC)c1ccc(C(=O)O)cc1N. The fourth-order valence-corrected chi connectivity index (χ4v) is 2.25. The minimum Gasteiger partial charge on any atom is -0.478 e. The Hall–Kier alpha value is -2.04. The molecule has 5 heteroatoms. The number of carboxylic acid groups (broad SMARTS) is 1. The number of hydrogen-bond acceptors (Lipinski definition) is 3. The summed E-state index contributed by atoms with van der Waals surface area (Å²) in [5.41, 5.74) is 6.92. The van der Waals surface area contributed by atoms with Crippen molar-refractivity contribution >= 4 is 23.3 Å². The lowest BCUT2D eigenvalue weighted by atomic mass is 10.1. The van der Waals surface area contributed by atoms with E-state index < -0.39 is 5.97 Å². The number of rotatable bonds is 8. The van der Waals surface area contributed by atoms with Gasteiger partial charge in [0.2, 0.25) is 5.91 Å². The molecular formula is C16H24N2O3. The number of carbonyl (C=O) groups is 2. The number of benzene rings is 1. The van der Waals surface area contributed by atoms with Crippen molar-refractivity contribution < 1.29 is 14.7 Å². The molecule has 3 N–H and O–H groups in total. The van der Waals surface area contributed by atoms with Gasteiger partial charge in [-0.25, -0.2) is 4.79 Å².